The first-order valence-corrected chi connectivity index (χ1v) is 9.76. The molecule has 1 heterocycles. The number of allylic oxidation sites excluding steroid dienone is 2. The summed E-state index contributed by atoms with van der Waals surface area (Å²) in [6.07, 6.45) is 0. The maximum atomic E-state index is 13.4. The lowest BCUT2D eigenvalue weighted by molar-refractivity contribution is -0.136. The fourth-order valence-corrected chi connectivity index (χ4v) is 4.18. The average Bonchev–Trinajstić information content (AvgIpc) is 3.04. The van der Waals surface area contributed by atoms with Crippen molar-refractivity contribution in [3.63, 3.8) is 0 Å². The lowest BCUT2D eigenvalue weighted by Crippen LogP contribution is -2.29. The zero-order valence-electron chi connectivity index (χ0n) is 17.4. The number of fused-ring (bicyclic) bond motifs is 2. The van der Waals surface area contributed by atoms with Crippen molar-refractivity contribution in [2.45, 2.75) is 19.8 Å². The number of dihydropyridines is 1. The van der Waals surface area contributed by atoms with E-state index in [4.69, 9.17) is 14.2 Å². The lowest BCUT2D eigenvalue weighted by Gasteiger charge is -2.29. The van der Waals surface area contributed by atoms with Crippen molar-refractivity contribution in [3.8, 4) is 11.5 Å². The zero-order chi connectivity index (χ0) is 21.4. The number of esters is 1. The minimum atomic E-state index is -0.585. The summed E-state index contributed by atoms with van der Waals surface area (Å²) in [5, 5.41) is 3.27. The number of ether oxygens (including phenoxy) is 3. The second-order valence-electron chi connectivity index (χ2n) is 7.09. The summed E-state index contributed by atoms with van der Waals surface area (Å²) in [5.74, 6) is -0.0123. The van der Waals surface area contributed by atoms with Crippen LogP contribution in [0, 0.1) is 0 Å². The molecular formula is C24H23NO5. The Balaban J connectivity index is 1.94. The summed E-state index contributed by atoms with van der Waals surface area (Å²) >= 11 is 0. The third-order valence-electron chi connectivity index (χ3n) is 5.48. The topological polar surface area (TPSA) is 73.9 Å². The van der Waals surface area contributed by atoms with Gasteiger partial charge >= 0.3 is 5.97 Å². The van der Waals surface area contributed by atoms with E-state index in [0.717, 1.165) is 16.8 Å². The number of methoxy groups -OCH3 is 2. The summed E-state index contributed by atoms with van der Waals surface area (Å²) in [7, 11) is 2.91. The number of hydrogen-bond acceptors (Lipinski definition) is 6. The number of rotatable bonds is 5. The summed E-state index contributed by atoms with van der Waals surface area (Å²) in [6, 6.07) is 12.9. The number of carbonyl (C=O) groups is 2. The quantitative estimate of drug-likeness (QED) is 0.762. The molecule has 1 N–H and O–H groups in total. The lowest BCUT2D eigenvalue weighted by atomic mass is 9.79. The van der Waals surface area contributed by atoms with Crippen molar-refractivity contribution in [2.24, 2.45) is 0 Å². The van der Waals surface area contributed by atoms with Gasteiger partial charge < -0.3 is 19.5 Å². The first-order chi connectivity index (χ1) is 14.5. The van der Waals surface area contributed by atoms with Crippen LogP contribution in [-0.4, -0.2) is 32.6 Å². The van der Waals surface area contributed by atoms with Crippen molar-refractivity contribution < 1.29 is 23.8 Å². The molecule has 1 aliphatic carbocycles. The predicted molar refractivity (Wildman–Crippen MR) is 112 cm³/mol. The van der Waals surface area contributed by atoms with Gasteiger partial charge in [0.25, 0.3) is 0 Å². The smallest absolute Gasteiger partial charge is 0.336 e. The van der Waals surface area contributed by atoms with Gasteiger partial charge in [0.1, 0.15) is 0 Å². The average molecular weight is 405 g/mol. The van der Waals surface area contributed by atoms with Crippen LogP contribution in [0.1, 0.15) is 41.3 Å². The van der Waals surface area contributed by atoms with E-state index >= 15 is 0 Å². The van der Waals surface area contributed by atoms with Crippen LogP contribution >= 0.6 is 0 Å². The molecule has 6 heteroatoms. The fraction of sp³-hybridized carbons (Fsp3) is 0.250. The highest BCUT2D eigenvalue weighted by atomic mass is 16.5. The molecule has 30 heavy (non-hydrogen) atoms. The summed E-state index contributed by atoms with van der Waals surface area (Å²) in [4.78, 5) is 26.1. The Morgan fingerprint density at radius 1 is 1.07 bits per heavy atom. The molecule has 0 amide bonds. The van der Waals surface area contributed by atoms with E-state index in [1.165, 1.54) is 7.11 Å². The second-order valence-corrected chi connectivity index (χ2v) is 7.09. The van der Waals surface area contributed by atoms with E-state index in [0.29, 0.717) is 40.5 Å². The van der Waals surface area contributed by atoms with Gasteiger partial charge in [0.15, 0.2) is 17.3 Å². The van der Waals surface area contributed by atoms with Crippen LogP contribution in [-0.2, 0) is 9.53 Å². The van der Waals surface area contributed by atoms with Crippen LogP contribution in [0.2, 0.25) is 0 Å². The van der Waals surface area contributed by atoms with E-state index in [9.17, 15) is 9.59 Å². The Labute approximate surface area is 175 Å². The third kappa shape index (κ3) is 2.96. The Morgan fingerprint density at radius 3 is 2.47 bits per heavy atom. The number of carbonyl (C=O) groups excluding carboxylic acids is 2. The first kappa shape index (κ1) is 19.8. The van der Waals surface area contributed by atoms with Gasteiger partial charge in [-0.05, 0) is 31.5 Å². The number of ketones is 1. The van der Waals surface area contributed by atoms with Crippen molar-refractivity contribution in [1.29, 1.82) is 0 Å². The monoisotopic (exact) mass is 405 g/mol. The molecule has 2 aromatic rings. The Morgan fingerprint density at radius 2 is 1.80 bits per heavy atom. The number of hydrogen-bond donors (Lipinski definition) is 1. The van der Waals surface area contributed by atoms with Crippen molar-refractivity contribution in [1.82, 2.24) is 5.32 Å². The Bertz CT molecular complexity index is 1110. The highest BCUT2D eigenvalue weighted by Gasteiger charge is 2.42. The molecule has 2 aromatic carbocycles. The Hall–Kier alpha value is -3.54. The molecule has 4 rings (SSSR count). The van der Waals surface area contributed by atoms with Gasteiger partial charge in [0.2, 0.25) is 0 Å². The summed E-state index contributed by atoms with van der Waals surface area (Å²) < 4.78 is 16.2. The molecular weight excluding hydrogens is 382 g/mol. The maximum Gasteiger partial charge on any atom is 0.336 e. The van der Waals surface area contributed by atoms with Crippen LogP contribution < -0.4 is 14.8 Å². The van der Waals surface area contributed by atoms with Crippen LogP contribution in [0.15, 0.2) is 59.3 Å². The number of Topliss-reactive ketones (excluding diaryl/α,β-unsaturated/α-hetero) is 1. The van der Waals surface area contributed by atoms with Crippen LogP contribution in [0.25, 0.3) is 5.70 Å². The van der Waals surface area contributed by atoms with Gasteiger partial charge in [-0.2, -0.15) is 0 Å². The van der Waals surface area contributed by atoms with Crippen LogP contribution in [0.5, 0.6) is 11.5 Å². The molecule has 0 saturated carbocycles. The second kappa shape index (κ2) is 7.71. The molecule has 0 radical (unpaired) electrons. The molecule has 0 saturated heterocycles. The molecule has 0 aromatic heterocycles. The van der Waals surface area contributed by atoms with E-state index < -0.39 is 11.9 Å². The van der Waals surface area contributed by atoms with E-state index in [1.54, 1.807) is 13.2 Å². The highest BCUT2D eigenvalue weighted by Crippen LogP contribution is 2.47. The Kier molecular flexibility index (Phi) is 5.08. The van der Waals surface area contributed by atoms with E-state index in [2.05, 4.69) is 5.32 Å². The van der Waals surface area contributed by atoms with Gasteiger partial charge in [-0.1, -0.05) is 30.3 Å². The molecule has 154 valence electrons. The standard InChI is InChI=1S/C24H23NO5/c1-5-30-18-12-14(10-11-17(18)28-3)20-19(24(27)29-4)13(2)25-22-15-8-6-7-9-16(15)23(26)21(20)22/h6-12,20,25H,5H2,1-4H3/t20-/m0/s1. The van der Waals surface area contributed by atoms with E-state index in [1.807, 2.05) is 50.2 Å². The van der Waals surface area contributed by atoms with Gasteiger partial charge in [0.05, 0.1) is 32.1 Å². The third-order valence-corrected chi connectivity index (χ3v) is 5.48. The minimum absolute atomic E-state index is 0.0965. The molecule has 0 unspecified atom stereocenters. The van der Waals surface area contributed by atoms with Gasteiger partial charge in [-0.25, -0.2) is 4.79 Å². The van der Waals surface area contributed by atoms with Gasteiger partial charge in [0, 0.05) is 28.3 Å². The summed E-state index contributed by atoms with van der Waals surface area (Å²) in [6.45, 7) is 4.17. The molecule has 6 nitrogen and oxygen atoms in total. The molecule has 0 fully saturated rings. The largest absolute Gasteiger partial charge is 0.493 e. The number of benzene rings is 2. The maximum absolute atomic E-state index is 13.4. The van der Waals surface area contributed by atoms with Crippen molar-refractivity contribution in [3.05, 3.63) is 76.0 Å². The molecule has 2 aliphatic rings. The van der Waals surface area contributed by atoms with Gasteiger partial charge in [-0.3, -0.25) is 4.79 Å². The van der Waals surface area contributed by atoms with Crippen LogP contribution in [0.3, 0.4) is 0 Å². The van der Waals surface area contributed by atoms with E-state index in [-0.39, 0.29) is 5.78 Å². The normalized spacial score (nSPS) is 17.3. The zero-order valence-corrected chi connectivity index (χ0v) is 17.4. The molecule has 1 atom stereocenters. The van der Waals surface area contributed by atoms with Crippen molar-refractivity contribution >= 4 is 17.4 Å². The SMILES string of the molecule is CCOc1cc([C@H]2C(C(=O)OC)=C(C)NC3=C2C(=O)c2ccccc23)ccc1OC. The minimum Gasteiger partial charge on any atom is -0.493 e. The van der Waals surface area contributed by atoms with Crippen LogP contribution in [0.4, 0.5) is 0 Å². The predicted octanol–water partition coefficient (Wildman–Crippen LogP) is 3.84. The van der Waals surface area contributed by atoms with Crippen molar-refractivity contribution in [2.75, 3.05) is 20.8 Å². The molecule has 1 aliphatic heterocycles. The fourth-order valence-electron chi connectivity index (χ4n) is 4.18. The number of nitrogens with one attached hydrogen (secondary N) is 1. The van der Waals surface area contributed by atoms with Gasteiger partial charge in [-0.15, -0.1) is 0 Å². The highest BCUT2D eigenvalue weighted by molar-refractivity contribution is 6.23. The molecule has 0 spiro atoms. The molecule has 0 bridgehead atoms. The summed E-state index contributed by atoms with van der Waals surface area (Å²) in [5.41, 5.74) is 4.55. The first-order valence-electron chi connectivity index (χ1n) is 9.76.